The summed E-state index contributed by atoms with van der Waals surface area (Å²) in [6.45, 7) is 7.34. The molecule has 1 aromatic heterocycles. The predicted octanol–water partition coefficient (Wildman–Crippen LogP) is 4.91. The first-order valence-electron chi connectivity index (χ1n) is 9.94. The average Bonchev–Trinajstić information content (AvgIpc) is 2.96. The molecular weight excluding hydrogens is 334 g/mol. The quantitative estimate of drug-likeness (QED) is 0.788. The monoisotopic (exact) mass is 365 g/mol. The molecule has 0 radical (unpaired) electrons. The molecule has 0 spiro atoms. The van der Waals surface area contributed by atoms with Crippen molar-refractivity contribution in [1.29, 1.82) is 0 Å². The molecule has 2 N–H and O–H groups in total. The van der Waals surface area contributed by atoms with Gasteiger partial charge in [-0.05, 0) is 48.1 Å². The largest absolute Gasteiger partial charge is 0.367 e. The van der Waals surface area contributed by atoms with E-state index in [1.807, 2.05) is 49.3 Å². The highest BCUT2D eigenvalue weighted by molar-refractivity contribution is 5.59. The van der Waals surface area contributed by atoms with Crippen molar-refractivity contribution in [2.75, 3.05) is 29.6 Å². The van der Waals surface area contributed by atoms with Gasteiger partial charge >= 0.3 is 0 Å². The van der Waals surface area contributed by atoms with Gasteiger partial charge in [-0.2, -0.15) is 9.97 Å². The van der Waals surface area contributed by atoms with E-state index < -0.39 is 0 Å². The Hall–Kier alpha value is -2.30. The van der Waals surface area contributed by atoms with Crippen LogP contribution in [0.3, 0.4) is 0 Å². The molecule has 5 nitrogen and oxygen atoms in total. The maximum absolute atomic E-state index is 4.78. The number of fused-ring (bicyclic) bond motifs is 2. The van der Waals surface area contributed by atoms with Gasteiger partial charge in [-0.25, -0.2) is 0 Å². The zero-order chi connectivity index (χ0) is 19.2. The van der Waals surface area contributed by atoms with E-state index >= 15 is 0 Å². The molecule has 27 heavy (non-hydrogen) atoms. The molecule has 4 rings (SSSR count). The van der Waals surface area contributed by atoms with Gasteiger partial charge in [-0.3, -0.25) is 0 Å². The van der Waals surface area contributed by atoms with Crippen LogP contribution in [0.2, 0.25) is 0 Å². The lowest BCUT2D eigenvalue weighted by atomic mass is 9.69. The molecule has 2 aromatic rings. The molecule has 0 saturated heterocycles. The van der Waals surface area contributed by atoms with Crippen molar-refractivity contribution in [3.05, 3.63) is 36.4 Å². The standard InChI is InChI=1S/C22H31N5/c1-21(2)15-11-12-22(21,3)17(13-15)24-18-14-19(27(4)5)26-20(25-18)23-16-9-7-6-8-10-16/h6-10,14-15,17H,11-13H2,1-5H3,(H2,23,24,25,26). The fourth-order valence-electron chi connectivity index (χ4n) is 5.04. The van der Waals surface area contributed by atoms with E-state index in [-0.39, 0.29) is 0 Å². The van der Waals surface area contributed by atoms with E-state index in [9.17, 15) is 0 Å². The van der Waals surface area contributed by atoms with E-state index in [4.69, 9.17) is 4.98 Å². The van der Waals surface area contributed by atoms with Crippen LogP contribution in [0.15, 0.2) is 36.4 Å². The van der Waals surface area contributed by atoms with E-state index in [0.29, 0.717) is 22.8 Å². The molecule has 2 aliphatic rings. The van der Waals surface area contributed by atoms with Crippen molar-refractivity contribution in [3.63, 3.8) is 0 Å². The van der Waals surface area contributed by atoms with Crippen molar-refractivity contribution in [1.82, 2.24) is 9.97 Å². The Morgan fingerprint density at radius 1 is 1.07 bits per heavy atom. The third kappa shape index (κ3) is 3.03. The summed E-state index contributed by atoms with van der Waals surface area (Å²) >= 11 is 0. The molecule has 0 aliphatic heterocycles. The summed E-state index contributed by atoms with van der Waals surface area (Å²) in [5.41, 5.74) is 1.69. The second-order valence-electron chi connectivity index (χ2n) is 9.13. The number of para-hydroxylation sites is 1. The number of hydrogen-bond donors (Lipinski definition) is 2. The molecule has 3 unspecified atom stereocenters. The van der Waals surface area contributed by atoms with Gasteiger partial charge in [0, 0.05) is 31.9 Å². The first-order valence-corrected chi connectivity index (χ1v) is 9.94. The summed E-state index contributed by atoms with van der Waals surface area (Å²) in [4.78, 5) is 11.5. The smallest absolute Gasteiger partial charge is 0.231 e. The topological polar surface area (TPSA) is 53.1 Å². The first kappa shape index (κ1) is 18.1. The number of aromatic nitrogens is 2. The fraction of sp³-hybridized carbons (Fsp3) is 0.545. The van der Waals surface area contributed by atoms with Gasteiger partial charge in [0.1, 0.15) is 11.6 Å². The van der Waals surface area contributed by atoms with Crippen LogP contribution in [-0.4, -0.2) is 30.1 Å². The van der Waals surface area contributed by atoms with Gasteiger partial charge in [0.25, 0.3) is 0 Å². The maximum atomic E-state index is 4.78. The summed E-state index contributed by atoms with van der Waals surface area (Å²) < 4.78 is 0. The SMILES string of the molecule is CN(C)c1cc(NC2CC3CCC2(C)C3(C)C)nc(Nc2ccccc2)n1. The lowest BCUT2D eigenvalue weighted by Gasteiger charge is -2.39. The third-order valence-electron chi connectivity index (χ3n) is 7.32. The molecule has 1 aromatic carbocycles. The second-order valence-corrected chi connectivity index (χ2v) is 9.13. The highest BCUT2D eigenvalue weighted by atomic mass is 15.2. The van der Waals surface area contributed by atoms with Crippen molar-refractivity contribution in [2.24, 2.45) is 16.7 Å². The molecule has 2 fully saturated rings. The van der Waals surface area contributed by atoms with E-state index in [1.54, 1.807) is 0 Å². The summed E-state index contributed by atoms with van der Waals surface area (Å²) in [6, 6.07) is 12.6. The van der Waals surface area contributed by atoms with Gasteiger partial charge in [0.05, 0.1) is 0 Å². The van der Waals surface area contributed by atoms with Crippen LogP contribution in [0.1, 0.15) is 40.0 Å². The number of rotatable bonds is 5. The fourth-order valence-corrected chi connectivity index (χ4v) is 5.04. The van der Waals surface area contributed by atoms with Crippen molar-refractivity contribution in [3.8, 4) is 0 Å². The Morgan fingerprint density at radius 3 is 2.41 bits per heavy atom. The molecule has 3 atom stereocenters. The van der Waals surface area contributed by atoms with E-state index in [1.165, 1.54) is 19.3 Å². The molecule has 2 bridgehead atoms. The molecule has 2 saturated carbocycles. The van der Waals surface area contributed by atoms with Crippen LogP contribution in [0, 0.1) is 16.7 Å². The van der Waals surface area contributed by atoms with Gasteiger partial charge in [0.2, 0.25) is 5.95 Å². The molecule has 1 heterocycles. The zero-order valence-corrected chi connectivity index (χ0v) is 17.1. The number of hydrogen-bond acceptors (Lipinski definition) is 5. The summed E-state index contributed by atoms with van der Waals surface area (Å²) in [7, 11) is 4.03. The van der Waals surface area contributed by atoms with Crippen LogP contribution in [0.25, 0.3) is 0 Å². The van der Waals surface area contributed by atoms with E-state index in [2.05, 4.69) is 42.5 Å². The van der Waals surface area contributed by atoms with Crippen LogP contribution in [0.5, 0.6) is 0 Å². The number of nitrogens with zero attached hydrogens (tertiary/aromatic N) is 3. The Labute approximate surface area is 162 Å². The lowest BCUT2D eigenvalue weighted by molar-refractivity contribution is 0.142. The lowest BCUT2D eigenvalue weighted by Crippen LogP contribution is -2.40. The van der Waals surface area contributed by atoms with Crippen LogP contribution < -0.4 is 15.5 Å². The maximum Gasteiger partial charge on any atom is 0.231 e. The Kier molecular flexibility index (Phi) is 4.28. The van der Waals surface area contributed by atoms with Gasteiger partial charge in [0.15, 0.2) is 0 Å². The molecule has 0 amide bonds. The normalized spacial score (nSPS) is 28.2. The highest BCUT2D eigenvalue weighted by Gasteiger charge is 2.61. The Bertz CT molecular complexity index is 817. The average molecular weight is 366 g/mol. The Balaban J connectivity index is 1.61. The summed E-state index contributed by atoms with van der Waals surface area (Å²) in [5.74, 6) is 3.24. The minimum Gasteiger partial charge on any atom is -0.367 e. The third-order valence-corrected chi connectivity index (χ3v) is 7.32. The molecule has 5 heteroatoms. The van der Waals surface area contributed by atoms with Crippen LogP contribution in [0.4, 0.5) is 23.3 Å². The van der Waals surface area contributed by atoms with Crippen molar-refractivity contribution >= 4 is 23.3 Å². The van der Waals surface area contributed by atoms with Crippen LogP contribution >= 0.6 is 0 Å². The van der Waals surface area contributed by atoms with E-state index in [0.717, 1.165) is 23.2 Å². The van der Waals surface area contributed by atoms with Crippen LogP contribution in [-0.2, 0) is 0 Å². The first-order chi connectivity index (χ1) is 12.8. The van der Waals surface area contributed by atoms with Gasteiger partial charge in [-0.15, -0.1) is 0 Å². The zero-order valence-electron chi connectivity index (χ0n) is 17.1. The van der Waals surface area contributed by atoms with Gasteiger partial charge in [-0.1, -0.05) is 39.0 Å². The summed E-state index contributed by atoms with van der Waals surface area (Å²) in [5, 5.41) is 7.11. The van der Waals surface area contributed by atoms with Crippen molar-refractivity contribution in [2.45, 2.75) is 46.1 Å². The molecular formula is C22H31N5. The Morgan fingerprint density at radius 2 is 1.81 bits per heavy atom. The predicted molar refractivity (Wildman–Crippen MR) is 113 cm³/mol. The number of benzene rings is 1. The number of anilines is 4. The minimum atomic E-state index is 0.313. The second kappa shape index (κ2) is 6.39. The highest BCUT2D eigenvalue weighted by Crippen LogP contribution is 2.65. The van der Waals surface area contributed by atoms with Gasteiger partial charge < -0.3 is 15.5 Å². The molecule has 2 aliphatic carbocycles. The summed E-state index contributed by atoms with van der Waals surface area (Å²) in [6.07, 6.45) is 3.88. The minimum absolute atomic E-state index is 0.313. The molecule has 144 valence electrons. The number of nitrogens with one attached hydrogen (secondary N) is 2. The van der Waals surface area contributed by atoms with Crippen molar-refractivity contribution < 1.29 is 0 Å².